The minimum atomic E-state index is -3.00. The zero-order valence-corrected chi connectivity index (χ0v) is 12.9. The molecular formula is C16H19O3P. The van der Waals surface area contributed by atoms with Gasteiger partial charge in [-0.3, -0.25) is 4.57 Å². The molecule has 2 rings (SSSR count). The van der Waals surface area contributed by atoms with Crippen molar-refractivity contribution < 1.29 is 13.6 Å². The Kier molecular flexibility index (Phi) is 4.77. The van der Waals surface area contributed by atoms with Crippen molar-refractivity contribution in [2.24, 2.45) is 0 Å². The van der Waals surface area contributed by atoms with Crippen LogP contribution < -0.4 is 0 Å². The number of aryl methyl sites for hydroxylation is 1. The Bertz CT molecular complexity index is 595. The number of hydrogen-bond donors (Lipinski definition) is 0. The van der Waals surface area contributed by atoms with Crippen LogP contribution in [0.4, 0.5) is 0 Å². The van der Waals surface area contributed by atoms with E-state index in [0.29, 0.717) is 0 Å². The summed E-state index contributed by atoms with van der Waals surface area (Å²) in [6.45, 7) is 2.07. The fourth-order valence-electron chi connectivity index (χ4n) is 1.98. The SMILES string of the molecule is COP(=O)(Cc1ccc(-c2ccc(C)cc2)cc1)OC. The molecule has 0 radical (unpaired) electrons. The third-order valence-corrected chi connectivity index (χ3v) is 5.14. The van der Waals surface area contributed by atoms with Crippen LogP contribution in [0.15, 0.2) is 48.5 Å². The van der Waals surface area contributed by atoms with Crippen molar-refractivity contribution in [3.8, 4) is 11.1 Å². The van der Waals surface area contributed by atoms with E-state index in [1.54, 1.807) is 0 Å². The summed E-state index contributed by atoms with van der Waals surface area (Å²) in [4.78, 5) is 0. The Morgan fingerprint density at radius 1 is 0.850 bits per heavy atom. The molecule has 0 saturated carbocycles. The predicted molar refractivity (Wildman–Crippen MR) is 81.9 cm³/mol. The van der Waals surface area contributed by atoms with Crippen LogP contribution in [0.5, 0.6) is 0 Å². The molecule has 0 aliphatic rings. The molecular weight excluding hydrogens is 271 g/mol. The van der Waals surface area contributed by atoms with Crippen molar-refractivity contribution in [2.75, 3.05) is 14.2 Å². The zero-order valence-electron chi connectivity index (χ0n) is 12.0. The van der Waals surface area contributed by atoms with Gasteiger partial charge in [0, 0.05) is 14.2 Å². The van der Waals surface area contributed by atoms with E-state index in [1.807, 2.05) is 24.3 Å². The Morgan fingerprint density at radius 2 is 1.30 bits per heavy atom. The van der Waals surface area contributed by atoms with Crippen LogP contribution in [0, 0.1) is 6.92 Å². The molecule has 2 aromatic rings. The second kappa shape index (κ2) is 6.36. The summed E-state index contributed by atoms with van der Waals surface area (Å²) in [5, 5.41) is 0. The lowest BCUT2D eigenvalue weighted by Crippen LogP contribution is -1.93. The van der Waals surface area contributed by atoms with Gasteiger partial charge in [-0.1, -0.05) is 54.1 Å². The summed E-state index contributed by atoms with van der Waals surface area (Å²) >= 11 is 0. The molecule has 0 aliphatic carbocycles. The monoisotopic (exact) mass is 290 g/mol. The highest BCUT2D eigenvalue weighted by Crippen LogP contribution is 2.49. The number of benzene rings is 2. The standard InChI is InChI=1S/C16H19O3P/c1-13-4-8-15(9-5-13)16-10-6-14(7-11-16)12-20(17,18-2)19-3/h4-11H,12H2,1-3H3. The van der Waals surface area contributed by atoms with Crippen molar-refractivity contribution in [3.63, 3.8) is 0 Å². The summed E-state index contributed by atoms with van der Waals surface area (Å²) < 4.78 is 22.0. The van der Waals surface area contributed by atoms with Crippen LogP contribution in [0.1, 0.15) is 11.1 Å². The molecule has 0 bridgehead atoms. The first kappa shape index (κ1) is 15.0. The molecule has 4 heteroatoms. The Labute approximate surface area is 120 Å². The highest BCUT2D eigenvalue weighted by molar-refractivity contribution is 7.52. The first-order valence-corrected chi connectivity index (χ1v) is 8.15. The second-order valence-corrected chi connectivity index (χ2v) is 6.97. The van der Waals surface area contributed by atoms with Crippen LogP contribution in [-0.2, 0) is 19.8 Å². The third kappa shape index (κ3) is 3.57. The van der Waals surface area contributed by atoms with Gasteiger partial charge in [0.2, 0.25) is 0 Å². The van der Waals surface area contributed by atoms with Gasteiger partial charge in [0.1, 0.15) is 0 Å². The van der Waals surface area contributed by atoms with Crippen LogP contribution in [0.2, 0.25) is 0 Å². The van der Waals surface area contributed by atoms with Gasteiger partial charge in [0.25, 0.3) is 0 Å². The topological polar surface area (TPSA) is 35.5 Å². The molecule has 0 atom stereocenters. The van der Waals surface area contributed by atoms with Gasteiger partial charge in [-0.05, 0) is 23.6 Å². The maximum atomic E-state index is 12.1. The van der Waals surface area contributed by atoms with Crippen molar-refractivity contribution in [1.82, 2.24) is 0 Å². The molecule has 0 aliphatic heterocycles. The van der Waals surface area contributed by atoms with Crippen LogP contribution in [-0.4, -0.2) is 14.2 Å². The molecule has 0 unspecified atom stereocenters. The molecule has 0 aromatic heterocycles. The van der Waals surface area contributed by atoms with Gasteiger partial charge in [0.15, 0.2) is 0 Å². The molecule has 0 heterocycles. The second-order valence-electron chi connectivity index (χ2n) is 4.70. The third-order valence-electron chi connectivity index (χ3n) is 3.27. The molecule has 0 spiro atoms. The number of hydrogen-bond acceptors (Lipinski definition) is 3. The van der Waals surface area contributed by atoms with Gasteiger partial charge >= 0.3 is 7.60 Å². The van der Waals surface area contributed by atoms with Gasteiger partial charge in [-0.15, -0.1) is 0 Å². The van der Waals surface area contributed by atoms with E-state index < -0.39 is 7.60 Å². The van der Waals surface area contributed by atoms with E-state index in [-0.39, 0.29) is 6.16 Å². The molecule has 0 saturated heterocycles. The minimum absolute atomic E-state index is 0.286. The Balaban J connectivity index is 2.18. The maximum absolute atomic E-state index is 12.1. The predicted octanol–water partition coefficient (Wildman–Crippen LogP) is 4.65. The maximum Gasteiger partial charge on any atom is 0.334 e. The largest absolute Gasteiger partial charge is 0.334 e. The lowest BCUT2D eigenvalue weighted by Gasteiger charge is -2.13. The summed E-state index contributed by atoms with van der Waals surface area (Å²) in [7, 11) is -0.181. The highest BCUT2D eigenvalue weighted by atomic mass is 31.2. The average molecular weight is 290 g/mol. The van der Waals surface area contributed by atoms with Crippen molar-refractivity contribution >= 4 is 7.60 Å². The molecule has 0 N–H and O–H groups in total. The fraction of sp³-hybridized carbons (Fsp3) is 0.250. The molecule has 106 valence electrons. The van der Waals surface area contributed by atoms with E-state index in [2.05, 4.69) is 31.2 Å². The van der Waals surface area contributed by atoms with Gasteiger partial charge in [-0.2, -0.15) is 0 Å². The molecule has 20 heavy (non-hydrogen) atoms. The Hall–Kier alpha value is -1.41. The van der Waals surface area contributed by atoms with Crippen LogP contribution in [0.3, 0.4) is 0 Å². The van der Waals surface area contributed by atoms with E-state index >= 15 is 0 Å². The minimum Gasteiger partial charge on any atom is -0.312 e. The molecule has 2 aromatic carbocycles. The summed E-state index contributed by atoms with van der Waals surface area (Å²) in [5.41, 5.74) is 4.49. The zero-order chi connectivity index (χ0) is 14.6. The lowest BCUT2D eigenvalue weighted by molar-refractivity contribution is 0.275. The molecule has 0 amide bonds. The Morgan fingerprint density at radius 3 is 1.75 bits per heavy atom. The quantitative estimate of drug-likeness (QED) is 0.752. The van der Waals surface area contributed by atoms with Gasteiger partial charge < -0.3 is 9.05 Å². The highest BCUT2D eigenvalue weighted by Gasteiger charge is 2.21. The number of rotatable bonds is 5. The first-order chi connectivity index (χ1) is 9.56. The van der Waals surface area contributed by atoms with Crippen molar-refractivity contribution in [2.45, 2.75) is 13.1 Å². The van der Waals surface area contributed by atoms with Crippen molar-refractivity contribution in [1.29, 1.82) is 0 Å². The van der Waals surface area contributed by atoms with E-state index in [9.17, 15) is 4.57 Å². The fourth-order valence-corrected chi connectivity index (χ4v) is 3.04. The lowest BCUT2D eigenvalue weighted by atomic mass is 10.0. The van der Waals surface area contributed by atoms with Gasteiger partial charge in [0.05, 0.1) is 6.16 Å². The van der Waals surface area contributed by atoms with E-state index in [4.69, 9.17) is 9.05 Å². The summed E-state index contributed by atoms with van der Waals surface area (Å²) in [6, 6.07) is 16.3. The summed E-state index contributed by atoms with van der Waals surface area (Å²) in [5.74, 6) is 0. The van der Waals surface area contributed by atoms with E-state index in [1.165, 1.54) is 25.3 Å². The van der Waals surface area contributed by atoms with E-state index in [0.717, 1.165) is 11.1 Å². The molecule has 3 nitrogen and oxygen atoms in total. The smallest absolute Gasteiger partial charge is 0.312 e. The average Bonchev–Trinajstić information content (AvgIpc) is 2.49. The first-order valence-electron chi connectivity index (χ1n) is 6.43. The van der Waals surface area contributed by atoms with Gasteiger partial charge in [-0.25, -0.2) is 0 Å². The summed E-state index contributed by atoms with van der Waals surface area (Å²) in [6.07, 6.45) is 0.286. The van der Waals surface area contributed by atoms with Crippen molar-refractivity contribution in [3.05, 3.63) is 59.7 Å². The van der Waals surface area contributed by atoms with Crippen LogP contribution >= 0.6 is 7.60 Å². The van der Waals surface area contributed by atoms with Crippen LogP contribution in [0.25, 0.3) is 11.1 Å². The molecule has 0 fully saturated rings. The normalized spacial score (nSPS) is 11.6.